The first-order chi connectivity index (χ1) is 12.7. The number of nitrogens with zero attached hydrogens (tertiary/aromatic N) is 4. The molecule has 0 bridgehead atoms. The lowest BCUT2D eigenvalue weighted by Gasteiger charge is -2.23. The summed E-state index contributed by atoms with van der Waals surface area (Å²) in [7, 11) is 4.05. The molecular weight excluding hydrogens is 324 g/mol. The summed E-state index contributed by atoms with van der Waals surface area (Å²) in [6.07, 6.45) is 3.19. The van der Waals surface area contributed by atoms with Gasteiger partial charge in [-0.25, -0.2) is 4.68 Å². The molecule has 5 heteroatoms. The molecule has 1 unspecified atom stereocenters. The molecule has 0 N–H and O–H groups in total. The molecule has 0 saturated carbocycles. The highest BCUT2D eigenvalue weighted by atomic mass is 16.5. The van der Waals surface area contributed by atoms with Crippen LogP contribution in [0.5, 0.6) is 0 Å². The van der Waals surface area contributed by atoms with Crippen molar-refractivity contribution in [3.05, 3.63) is 48.0 Å². The third-order valence-corrected chi connectivity index (χ3v) is 4.92. The standard InChI is InChI=1S/C21H22N4O/c1-24(2)17-9-7-16(8-10-17)21-18-13-15(14-22)6-11-19(18)25(23-21)20-5-3-4-12-26-20/h6-11,13,20H,3-5,12H2,1-2H3. The molecule has 0 radical (unpaired) electrons. The Hall–Kier alpha value is -2.84. The Morgan fingerprint density at radius 3 is 2.62 bits per heavy atom. The fourth-order valence-corrected chi connectivity index (χ4v) is 3.48. The second kappa shape index (κ2) is 6.81. The first-order valence-corrected chi connectivity index (χ1v) is 8.99. The number of rotatable bonds is 3. The van der Waals surface area contributed by atoms with Gasteiger partial charge in [-0.1, -0.05) is 12.1 Å². The molecular formula is C21H22N4O. The Labute approximate surface area is 153 Å². The Morgan fingerprint density at radius 1 is 1.15 bits per heavy atom. The van der Waals surface area contributed by atoms with E-state index in [4.69, 9.17) is 9.84 Å². The SMILES string of the molecule is CN(C)c1ccc(-c2nn(C3CCCCO3)c3ccc(C#N)cc23)cc1. The number of fused-ring (bicyclic) bond motifs is 1. The van der Waals surface area contributed by atoms with Crippen LogP contribution >= 0.6 is 0 Å². The van der Waals surface area contributed by atoms with Crippen molar-refractivity contribution < 1.29 is 4.74 Å². The number of aromatic nitrogens is 2. The minimum absolute atomic E-state index is 0.0333. The molecule has 1 aromatic heterocycles. The highest BCUT2D eigenvalue weighted by Crippen LogP contribution is 2.33. The van der Waals surface area contributed by atoms with Gasteiger partial charge in [-0.05, 0) is 49.6 Å². The normalized spacial score (nSPS) is 17.2. The largest absolute Gasteiger partial charge is 0.378 e. The number of hydrogen-bond donors (Lipinski definition) is 0. The van der Waals surface area contributed by atoms with Crippen LogP contribution in [-0.2, 0) is 4.74 Å². The quantitative estimate of drug-likeness (QED) is 0.708. The fourth-order valence-electron chi connectivity index (χ4n) is 3.48. The van der Waals surface area contributed by atoms with E-state index >= 15 is 0 Å². The first kappa shape index (κ1) is 16.6. The summed E-state index contributed by atoms with van der Waals surface area (Å²) >= 11 is 0. The lowest BCUT2D eigenvalue weighted by Crippen LogP contribution is -2.19. The topological polar surface area (TPSA) is 54.1 Å². The van der Waals surface area contributed by atoms with Crippen LogP contribution in [0.25, 0.3) is 22.2 Å². The molecule has 3 aromatic rings. The van der Waals surface area contributed by atoms with Crippen molar-refractivity contribution in [3.63, 3.8) is 0 Å². The van der Waals surface area contributed by atoms with Crippen LogP contribution in [0.15, 0.2) is 42.5 Å². The van der Waals surface area contributed by atoms with Gasteiger partial charge in [0, 0.05) is 37.3 Å². The van der Waals surface area contributed by atoms with Gasteiger partial charge in [-0.2, -0.15) is 10.4 Å². The van der Waals surface area contributed by atoms with Crippen LogP contribution in [0.1, 0.15) is 31.1 Å². The number of ether oxygens (including phenoxy) is 1. The highest BCUT2D eigenvalue weighted by Gasteiger charge is 2.21. The van der Waals surface area contributed by atoms with E-state index in [0.29, 0.717) is 5.56 Å². The molecule has 132 valence electrons. The van der Waals surface area contributed by atoms with Crippen molar-refractivity contribution in [2.75, 3.05) is 25.6 Å². The van der Waals surface area contributed by atoms with E-state index in [1.165, 1.54) is 0 Å². The van der Waals surface area contributed by atoms with Crippen molar-refractivity contribution >= 4 is 16.6 Å². The average molecular weight is 346 g/mol. The maximum absolute atomic E-state index is 9.30. The van der Waals surface area contributed by atoms with E-state index in [2.05, 4.69) is 35.2 Å². The van der Waals surface area contributed by atoms with Crippen LogP contribution in [0, 0.1) is 11.3 Å². The van der Waals surface area contributed by atoms with Crippen LogP contribution in [0.3, 0.4) is 0 Å². The first-order valence-electron chi connectivity index (χ1n) is 8.99. The molecule has 0 spiro atoms. The molecule has 2 aromatic carbocycles. The molecule has 0 aliphatic carbocycles. The molecule has 1 fully saturated rings. The summed E-state index contributed by atoms with van der Waals surface area (Å²) in [5.74, 6) is 0. The highest BCUT2D eigenvalue weighted by molar-refractivity contribution is 5.94. The number of anilines is 1. The molecule has 0 amide bonds. The molecule has 1 aliphatic heterocycles. The molecule has 26 heavy (non-hydrogen) atoms. The van der Waals surface area contributed by atoms with Gasteiger partial charge in [0.25, 0.3) is 0 Å². The van der Waals surface area contributed by atoms with Crippen molar-refractivity contribution in [2.45, 2.75) is 25.5 Å². The smallest absolute Gasteiger partial charge is 0.150 e. The van der Waals surface area contributed by atoms with Gasteiger partial charge in [-0.3, -0.25) is 0 Å². The van der Waals surface area contributed by atoms with E-state index in [0.717, 1.165) is 53.7 Å². The van der Waals surface area contributed by atoms with Gasteiger partial charge in [0.2, 0.25) is 0 Å². The van der Waals surface area contributed by atoms with Gasteiger partial charge in [0.1, 0.15) is 5.69 Å². The fraction of sp³-hybridized carbons (Fsp3) is 0.333. The zero-order valence-electron chi connectivity index (χ0n) is 15.1. The Balaban J connectivity index is 1.86. The minimum Gasteiger partial charge on any atom is -0.378 e. The van der Waals surface area contributed by atoms with Gasteiger partial charge in [-0.15, -0.1) is 0 Å². The predicted octanol–water partition coefficient (Wildman–Crippen LogP) is 4.34. The van der Waals surface area contributed by atoms with E-state index < -0.39 is 0 Å². The van der Waals surface area contributed by atoms with Crippen LogP contribution in [-0.4, -0.2) is 30.5 Å². The molecule has 2 heterocycles. The summed E-state index contributed by atoms with van der Waals surface area (Å²) in [5.41, 5.74) is 4.75. The van der Waals surface area contributed by atoms with E-state index in [1.54, 1.807) is 0 Å². The second-order valence-corrected chi connectivity index (χ2v) is 6.90. The zero-order valence-corrected chi connectivity index (χ0v) is 15.1. The van der Waals surface area contributed by atoms with Crippen molar-refractivity contribution in [1.82, 2.24) is 9.78 Å². The average Bonchev–Trinajstić information content (AvgIpc) is 3.07. The van der Waals surface area contributed by atoms with Crippen LogP contribution in [0.2, 0.25) is 0 Å². The molecule has 1 saturated heterocycles. The minimum atomic E-state index is -0.0333. The second-order valence-electron chi connectivity index (χ2n) is 6.90. The third kappa shape index (κ3) is 2.93. The Bertz CT molecular complexity index is 960. The van der Waals surface area contributed by atoms with Gasteiger partial charge in [0.05, 0.1) is 17.1 Å². The summed E-state index contributed by atoms with van der Waals surface area (Å²) in [4.78, 5) is 2.07. The van der Waals surface area contributed by atoms with Crippen LogP contribution in [0.4, 0.5) is 5.69 Å². The number of nitriles is 1. The Morgan fingerprint density at radius 2 is 1.96 bits per heavy atom. The van der Waals surface area contributed by atoms with Gasteiger partial charge < -0.3 is 9.64 Å². The van der Waals surface area contributed by atoms with E-state index in [9.17, 15) is 5.26 Å². The monoisotopic (exact) mass is 346 g/mol. The Kier molecular flexibility index (Phi) is 4.36. The summed E-state index contributed by atoms with van der Waals surface area (Å²) in [6, 6.07) is 16.3. The molecule has 4 rings (SSSR count). The molecule has 1 atom stereocenters. The lowest BCUT2D eigenvalue weighted by atomic mass is 10.1. The van der Waals surface area contributed by atoms with Crippen molar-refractivity contribution in [2.24, 2.45) is 0 Å². The molecule has 1 aliphatic rings. The summed E-state index contributed by atoms with van der Waals surface area (Å²) in [6.45, 7) is 0.773. The molecule has 5 nitrogen and oxygen atoms in total. The summed E-state index contributed by atoms with van der Waals surface area (Å²) in [5, 5.41) is 15.2. The van der Waals surface area contributed by atoms with E-state index in [1.807, 2.05) is 37.0 Å². The lowest BCUT2D eigenvalue weighted by molar-refractivity contribution is -0.0365. The van der Waals surface area contributed by atoms with Crippen LogP contribution < -0.4 is 4.90 Å². The van der Waals surface area contributed by atoms with Crippen molar-refractivity contribution in [1.29, 1.82) is 5.26 Å². The third-order valence-electron chi connectivity index (χ3n) is 4.92. The summed E-state index contributed by atoms with van der Waals surface area (Å²) < 4.78 is 7.95. The maximum Gasteiger partial charge on any atom is 0.150 e. The maximum atomic E-state index is 9.30. The number of benzene rings is 2. The predicted molar refractivity (Wildman–Crippen MR) is 103 cm³/mol. The van der Waals surface area contributed by atoms with Crippen molar-refractivity contribution in [3.8, 4) is 17.3 Å². The van der Waals surface area contributed by atoms with Gasteiger partial charge >= 0.3 is 0 Å². The van der Waals surface area contributed by atoms with E-state index in [-0.39, 0.29) is 6.23 Å². The number of hydrogen-bond acceptors (Lipinski definition) is 4. The zero-order chi connectivity index (χ0) is 18.1. The van der Waals surface area contributed by atoms with Gasteiger partial charge in [0.15, 0.2) is 6.23 Å².